The quantitative estimate of drug-likeness (QED) is 0.302. The van der Waals surface area contributed by atoms with Gasteiger partial charge in [-0.3, -0.25) is 14.9 Å². The second-order valence-electron chi connectivity index (χ2n) is 6.00. The number of carbonyl (C=O) groups excluding carboxylic acids is 1. The van der Waals surface area contributed by atoms with Crippen LogP contribution in [0.5, 0.6) is 5.75 Å². The zero-order valence-corrected chi connectivity index (χ0v) is 14.4. The Labute approximate surface area is 152 Å². The van der Waals surface area contributed by atoms with Crippen molar-refractivity contribution in [1.29, 1.82) is 0 Å². The van der Waals surface area contributed by atoms with Gasteiger partial charge < -0.3 is 4.74 Å². The van der Waals surface area contributed by atoms with E-state index in [0.717, 1.165) is 22.9 Å². The molecular formula is C18H14FN3O5. The van der Waals surface area contributed by atoms with E-state index in [1.165, 1.54) is 6.07 Å². The monoisotopic (exact) mass is 371 g/mol. The highest BCUT2D eigenvalue weighted by Gasteiger charge is 2.24. The molecule has 0 unspecified atom stereocenters. The Hall–Kier alpha value is -3.62. The summed E-state index contributed by atoms with van der Waals surface area (Å²) in [5.41, 5.74) is -1.14. The van der Waals surface area contributed by atoms with Gasteiger partial charge in [-0.05, 0) is 26.0 Å². The van der Waals surface area contributed by atoms with Crippen molar-refractivity contribution in [3.05, 3.63) is 74.4 Å². The Morgan fingerprint density at radius 1 is 1.22 bits per heavy atom. The standard InChI is InChI=1S/C18H14FN3O5/c1-10(2)21-17(23)13-6-4-3-5-12(13)16(20-21)18(24)27-15-9-11(19)7-8-14(15)22(25)26/h3-10H,1-2H3. The van der Waals surface area contributed by atoms with E-state index in [4.69, 9.17) is 4.74 Å². The summed E-state index contributed by atoms with van der Waals surface area (Å²) >= 11 is 0. The summed E-state index contributed by atoms with van der Waals surface area (Å²) in [7, 11) is 0. The van der Waals surface area contributed by atoms with Gasteiger partial charge >= 0.3 is 11.7 Å². The van der Waals surface area contributed by atoms with Crippen molar-refractivity contribution in [2.24, 2.45) is 0 Å². The van der Waals surface area contributed by atoms with Crippen LogP contribution in [0.3, 0.4) is 0 Å². The minimum Gasteiger partial charge on any atom is -0.414 e. The van der Waals surface area contributed by atoms with Gasteiger partial charge in [0.25, 0.3) is 5.56 Å². The molecule has 2 aromatic carbocycles. The molecule has 8 nitrogen and oxygen atoms in total. The summed E-state index contributed by atoms with van der Waals surface area (Å²) in [6, 6.07) is 8.52. The van der Waals surface area contributed by atoms with E-state index in [1.807, 2.05) is 0 Å². The molecule has 0 spiro atoms. The minimum atomic E-state index is -1.03. The van der Waals surface area contributed by atoms with E-state index in [2.05, 4.69) is 5.10 Å². The first-order valence-corrected chi connectivity index (χ1v) is 7.97. The fourth-order valence-corrected chi connectivity index (χ4v) is 2.58. The number of ether oxygens (including phenoxy) is 1. The molecule has 0 saturated carbocycles. The molecule has 3 rings (SSSR count). The Morgan fingerprint density at radius 3 is 2.52 bits per heavy atom. The predicted molar refractivity (Wildman–Crippen MR) is 94.4 cm³/mol. The highest BCUT2D eigenvalue weighted by atomic mass is 19.1. The van der Waals surface area contributed by atoms with Crippen molar-refractivity contribution in [2.45, 2.75) is 19.9 Å². The highest BCUT2D eigenvalue weighted by molar-refractivity contribution is 6.03. The van der Waals surface area contributed by atoms with Gasteiger partial charge in [-0.2, -0.15) is 5.10 Å². The number of aromatic nitrogens is 2. The van der Waals surface area contributed by atoms with Crippen LogP contribution in [0.15, 0.2) is 47.3 Å². The topological polar surface area (TPSA) is 104 Å². The maximum atomic E-state index is 13.5. The van der Waals surface area contributed by atoms with Crippen molar-refractivity contribution in [3.63, 3.8) is 0 Å². The maximum Gasteiger partial charge on any atom is 0.365 e. The number of benzene rings is 2. The first-order valence-electron chi connectivity index (χ1n) is 7.97. The van der Waals surface area contributed by atoms with Gasteiger partial charge in [0.2, 0.25) is 5.75 Å². The van der Waals surface area contributed by atoms with Crippen molar-refractivity contribution in [1.82, 2.24) is 9.78 Å². The molecular weight excluding hydrogens is 357 g/mol. The third-order valence-electron chi connectivity index (χ3n) is 3.83. The molecule has 0 N–H and O–H groups in total. The number of nitro groups is 1. The van der Waals surface area contributed by atoms with Crippen LogP contribution in [0.2, 0.25) is 0 Å². The van der Waals surface area contributed by atoms with Gasteiger partial charge in [-0.15, -0.1) is 0 Å². The predicted octanol–water partition coefficient (Wildman–Crippen LogP) is 3.24. The van der Waals surface area contributed by atoms with Crippen LogP contribution in [0, 0.1) is 15.9 Å². The molecule has 0 saturated heterocycles. The van der Waals surface area contributed by atoms with E-state index in [1.54, 1.807) is 32.0 Å². The Morgan fingerprint density at radius 2 is 1.89 bits per heavy atom. The van der Waals surface area contributed by atoms with Crippen molar-refractivity contribution in [3.8, 4) is 5.75 Å². The Balaban J connectivity index is 2.15. The lowest BCUT2D eigenvalue weighted by Gasteiger charge is -2.13. The van der Waals surface area contributed by atoms with Crippen LogP contribution in [0.4, 0.5) is 10.1 Å². The maximum absolute atomic E-state index is 13.5. The zero-order valence-electron chi connectivity index (χ0n) is 14.4. The number of rotatable bonds is 4. The van der Waals surface area contributed by atoms with E-state index < -0.39 is 28.1 Å². The molecule has 0 aliphatic heterocycles. The number of hydrogen-bond acceptors (Lipinski definition) is 6. The summed E-state index contributed by atoms with van der Waals surface area (Å²) in [5.74, 6) is -2.37. The molecule has 0 fully saturated rings. The molecule has 0 amide bonds. The summed E-state index contributed by atoms with van der Waals surface area (Å²) in [6.45, 7) is 3.44. The largest absolute Gasteiger partial charge is 0.414 e. The first kappa shape index (κ1) is 18.2. The van der Waals surface area contributed by atoms with Crippen LogP contribution in [-0.2, 0) is 0 Å². The molecule has 138 valence electrons. The Bertz CT molecular complexity index is 1120. The van der Waals surface area contributed by atoms with Gasteiger partial charge in [0.15, 0.2) is 5.69 Å². The van der Waals surface area contributed by atoms with Crippen molar-refractivity contribution >= 4 is 22.4 Å². The number of esters is 1. The first-order chi connectivity index (χ1) is 12.8. The SMILES string of the molecule is CC(C)n1nc(C(=O)Oc2cc(F)ccc2[N+](=O)[O-])c2ccccc2c1=O. The van der Waals surface area contributed by atoms with Crippen LogP contribution < -0.4 is 10.3 Å². The molecule has 3 aromatic rings. The number of halogens is 1. The lowest BCUT2D eigenvalue weighted by Crippen LogP contribution is -2.28. The smallest absolute Gasteiger partial charge is 0.365 e. The Kier molecular flexibility index (Phi) is 4.68. The minimum absolute atomic E-state index is 0.197. The zero-order chi connectivity index (χ0) is 19.7. The molecule has 27 heavy (non-hydrogen) atoms. The molecule has 1 heterocycles. The van der Waals surface area contributed by atoms with Gasteiger partial charge in [0, 0.05) is 17.5 Å². The number of nitro benzene ring substituents is 1. The van der Waals surface area contributed by atoms with Gasteiger partial charge in [0.1, 0.15) is 5.82 Å². The number of fused-ring (bicyclic) bond motifs is 1. The fourth-order valence-electron chi connectivity index (χ4n) is 2.58. The highest BCUT2D eigenvalue weighted by Crippen LogP contribution is 2.28. The van der Waals surface area contributed by atoms with Crippen LogP contribution in [0.25, 0.3) is 10.8 Å². The lowest BCUT2D eigenvalue weighted by atomic mass is 10.1. The summed E-state index contributed by atoms with van der Waals surface area (Å²) in [5, 5.41) is 15.6. The number of carbonyl (C=O) groups is 1. The second kappa shape index (κ2) is 6.94. The van der Waals surface area contributed by atoms with E-state index in [9.17, 15) is 24.1 Å². The molecule has 9 heteroatoms. The molecule has 0 aliphatic carbocycles. The van der Waals surface area contributed by atoms with Crippen LogP contribution in [0.1, 0.15) is 30.4 Å². The molecule has 0 radical (unpaired) electrons. The third kappa shape index (κ3) is 3.39. The third-order valence-corrected chi connectivity index (χ3v) is 3.83. The average Bonchev–Trinajstić information content (AvgIpc) is 2.61. The van der Waals surface area contributed by atoms with E-state index >= 15 is 0 Å². The average molecular weight is 371 g/mol. The molecule has 0 bridgehead atoms. The van der Waals surface area contributed by atoms with Crippen molar-refractivity contribution < 1.29 is 18.8 Å². The summed E-state index contributed by atoms with van der Waals surface area (Å²) in [6.07, 6.45) is 0. The summed E-state index contributed by atoms with van der Waals surface area (Å²) in [4.78, 5) is 35.4. The molecule has 1 aromatic heterocycles. The fraction of sp³-hybridized carbons (Fsp3) is 0.167. The second-order valence-corrected chi connectivity index (χ2v) is 6.00. The molecule has 0 atom stereocenters. The summed E-state index contributed by atoms with van der Waals surface area (Å²) < 4.78 is 19.6. The van der Waals surface area contributed by atoms with Crippen LogP contribution in [-0.4, -0.2) is 20.7 Å². The van der Waals surface area contributed by atoms with Crippen molar-refractivity contribution in [2.75, 3.05) is 0 Å². The van der Waals surface area contributed by atoms with E-state index in [0.29, 0.717) is 0 Å². The lowest BCUT2D eigenvalue weighted by molar-refractivity contribution is -0.385. The van der Waals surface area contributed by atoms with Gasteiger partial charge in [-0.25, -0.2) is 13.9 Å². The van der Waals surface area contributed by atoms with Crippen LogP contribution >= 0.6 is 0 Å². The van der Waals surface area contributed by atoms with E-state index in [-0.39, 0.29) is 28.1 Å². The number of hydrogen-bond donors (Lipinski definition) is 0. The van der Waals surface area contributed by atoms with Gasteiger partial charge in [0.05, 0.1) is 16.4 Å². The number of nitrogens with zero attached hydrogens (tertiary/aromatic N) is 3. The van der Waals surface area contributed by atoms with Gasteiger partial charge in [-0.1, -0.05) is 18.2 Å². The normalized spacial score (nSPS) is 11.0. The molecule has 0 aliphatic rings.